The molecule has 0 fully saturated rings. The average Bonchev–Trinajstić information content (AvgIpc) is 3.13. The van der Waals surface area contributed by atoms with Crippen molar-refractivity contribution < 1.29 is 0 Å². The Morgan fingerprint density at radius 1 is 1.29 bits per heavy atom. The molecule has 2 aromatic rings. The van der Waals surface area contributed by atoms with Crippen LogP contribution in [0, 0.1) is 6.92 Å². The van der Waals surface area contributed by atoms with Crippen LogP contribution < -0.4 is 4.90 Å². The van der Waals surface area contributed by atoms with Crippen LogP contribution in [0.5, 0.6) is 0 Å². The molecule has 24 heavy (non-hydrogen) atoms. The lowest BCUT2D eigenvalue weighted by Gasteiger charge is -2.35. The maximum absolute atomic E-state index is 6.10. The molecule has 0 bridgehead atoms. The molecule has 1 aliphatic rings. The number of fused-ring (bicyclic) bond motifs is 1. The van der Waals surface area contributed by atoms with Gasteiger partial charge in [-0.2, -0.15) is 0 Å². The molecule has 132 valence electrons. The molecule has 7 heteroatoms. The molecule has 3 heterocycles. The van der Waals surface area contributed by atoms with Crippen LogP contribution in [0.1, 0.15) is 48.9 Å². The summed E-state index contributed by atoms with van der Waals surface area (Å²) in [6.45, 7) is 8.31. The summed E-state index contributed by atoms with van der Waals surface area (Å²) >= 11 is 7.87. The van der Waals surface area contributed by atoms with Crippen molar-refractivity contribution in [3.63, 3.8) is 0 Å². The van der Waals surface area contributed by atoms with E-state index in [1.165, 1.54) is 29.8 Å². The molecular formula is C17H26ClN5S. The first-order chi connectivity index (χ1) is 11.7. The standard InChI is InChI=1S/C17H26ClN5S/c1-3-4-5-9-23-12-22(10-14-16(23)21-17(18)20-14)8-6-7-15-13(2)19-11-24-15/h11H,3-10,12H2,1-2H3,(H,20,21). The van der Waals surface area contributed by atoms with Gasteiger partial charge in [-0.05, 0) is 37.8 Å². The fraction of sp³-hybridized carbons (Fsp3) is 0.647. The number of hydrogen-bond acceptors (Lipinski definition) is 5. The number of anilines is 1. The molecule has 0 amide bonds. The monoisotopic (exact) mass is 367 g/mol. The second-order valence-corrected chi connectivity index (χ2v) is 7.76. The number of aromatic amines is 1. The number of unbranched alkanes of at least 4 members (excludes halogenated alkanes) is 2. The first kappa shape index (κ1) is 17.7. The van der Waals surface area contributed by atoms with Crippen molar-refractivity contribution in [3.8, 4) is 0 Å². The van der Waals surface area contributed by atoms with E-state index in [2.05, 4.69) is 38.6 Å². The molecule has 0 aromatic carbocycles. The fourth-order valence-electron chi connectivity index (χ4n) is 3.23. The van der Waals surface area contributed by atoms with Gasteiger partial charge in [-0.15, -0.1) is 11.3 Å². The Labute approximate surface area is 153 Å². The van der Waals surface area contributed by atoms with Crippen molar-refractivity contribution in [2.45, 2.75) is 52.5 Å². The zero-order valence-electron chi connectivity index (χ0n) is 14.5. The molecule has 0 radical (unpaired) electrons. The van der Waals surface area contributed by atoms with E-state index in [1.54, 1.807) is 11.3 Å². The lowest BCUT2D eigenvalue weighted by Crippen LogP contribution is -2.43. The highest BCUT2D eigenvalue weighted by atomic mass is 35.5. The number of aromatic nitrogens is 3. The molecule has 3 rings (SSSR count). The Bertz CT molecular complexity index is 653. The minimum atomic E-state index is 0.502. The van der Waals surface area contributed by atoms with Crippen LogP contribution in [0.25, 0.3) is 0 Å². The first-order valence-corrected chi connectivity index (χ1v) is 10.0. The van der Waals surface area contributed by atoms with Gasteiger partial charge in [0, 0.05) is 24.5 Å². The van der Waals surface area contributed by atoms with Gasteiger partial charge in [0.25, 0.3) is 0 Å². The third-order valence-electron chi connectivity index (χ3n) is 4.53. The van der Waals surface area contributed by atoms with Gasteiger partial charge in [0.1, 0.15) is 0 Å². The van der Waals surface area contributed by atoms with Gasteiger partial charge < -0.3 is 9.88 Å². The minimum Gasteiger partial charge on any atom is -0.342 e. The Hall–Kier alpha value is -1.11. The zero-order valence-corrected chi connectivity index (χ0v) is 16.1. The van der Waals surface area contributed by atoms with Crippen molar-refractivity contribution in [1.29, 1.82) is 0 Å². The number of nitrogens with one attached hydrogen (secondary N) is 1. The SMILES string of the molecule is CCCCCN1CN(CCCc2scnc2C)Cc2[nH]c(Cl)nc21. The zero-order chi connectivity index (χ0) is 16.9. The smallest absolute Gasteiger partial charge is 0.202 e. The summed E-state index contributed by atoms with van der Waals surface area (Å²) in [5.74, 6) is 1.05. The van der Waals surface area contributed by atoms with Crippen molar-refractivity contribution in [3.05, 3.63) is 27.1 Å². The Morgan fingerprint density at radius 3 is 2.92 bits per heavy atom. The summed E-state index contributed by atoms with van der Waals surface area (Å²) < 4.78 is 0. The van der Waals surface area contributed by atoms with Crippen LogP contribution in [-0.4, -0.2) is 39.6 Å². The topological polar surface area (TPSA) is 48.0 Å². The molecule has 5 nitrogen and oxygen atoms in total. The molecule has 0 spiro atoms. The van der Waals surface area contributed by atoms with Gasteiger partial charge in [-0.3, -0.25) is 4.90 Å². The van der Waals surface area contributed by atoms with Gasteiger partial charge in [0.15, 0.2) is 5.82 Å². The summed E-state index contributed by atoms with van der Waals surface area (Å²) in [6, 6.07) is 0. The first-order valence-electron chi connectivity index (χ1n) is 8.78. The second kappa shape index (κ2) is 8.32. The lowest BCUT2D eigenvalue weighted by molar-refractivity contribution is 0.245. The number of nitrogens with zero attached hydrogens (tertiary/aromatic N) is 4. The third kappa shape index (κ3) is 4.29. The highest BCUT2D eigenvalue weighted by molar-refractivity contribution is 7.09. The maximum Gasteiger partial charge on any atom is 0.202 e. The van der Waals surface area contributed by atoms with Crippen LogP contribution in [0.3, 0.4) is 0 Å². The number of rotatable bonds is 8. The molecule has 0 saturated heterocycles. The minimum absolute atomic E-state index is 0.502. The summed E-state index contributed by atoms with van der Waals surface area (Å²) in [4.78, 5) is 18.3. The molecule has 1 aliphatic heterocycles. The van der Waals surface area contributed by atoms with Gasteiger partial charge in [0.05, 0.1) is 23.6 Å². The molecule has 0 atom stereocenters. The van der Waals surface area contributed by atoms with Crippen molar-refractivity contribution >= 4 is 28.8 Å². The molecule has 0 saturated carbocycles. The Kier molecular flexibility index (Phi) is 6.14. The predicted molar refractivity (Wildman–Crippen MR) is 101 cm³/mol. The Morgan fingerprint density at radius 2 is 2.17 bits per heavy atom. The number of H-pyrrole nitrogens is 1. The number of thiazole rings is 1. The van der Waals surface area contributed by atoms with Gasteiger partial charge in [-0.1, -0.05) is 19.8 Å². The highest BCUT2D eigenvalue weighted by Crippen LogP contribution is 2.27. The van der Waals surface area contributed by atoms with Crippen molar-refractivity contribution in [2.24, 2.45) is 0 Å². The normalized spacial score (nSPS) is 15.0. The van der Waals surface area contributed by atoms with Crippen molar-refractivity contribution in [2.75, 3.05) is 24.7 Å². The van der Waals surface area contributed by atoms with E-state index >= 15 is 0 Å². The highest BCUT2D eigenvalue weighted by Gasteiger charge is 2.25. The summed E-state index contributed by atoms with van der Waals surface area (Å²) in [5, 5.41) is 0.502. The lowest BCUT2D eigenvalue weighted by atomic mass is 10.2. The molecule has 1 N–H and O–H groups in total. The largest absolute Gasteiger partial charge is 0.342 e. The van der Waals surface area contributed by atoms with E-state index in [0.29, 0.717) is 5.28 Å². The van der Waals surface area contributed by atoms with Crippen LogP contribution >= 0.6 is 22.9 Å². The van der Waals surface area contributed by atoms with E-state index in [9.17, 15) is 0 Å². The summed E-state index contributed by atoms with van der Waals surface area (Å²) in [7, 11) is 0. The summed E-state index contributed by atoms with van der Waals surface area (Å²) in [6.07, 6.45) is 5.96. The van der Waals surface area contributed by atoms with E-state index in [0.717, 1.165) is 50.7 Å². The van der Waals surface area contributed by atoms with Gasteiger partial charge in [0.2, 0.25) is 5.28 Å². The van der Waals surface area contributed by atoms with Crippen LogP contribution in [0.2, 0.25) is 5.28 Å². The number of aryl methyl sites for hydroxylation is 2. The second-order valence-electron chi connectivity index (χ2n) is 6.46. The quantitative estimate of drug-likeness (QED) is 0.709. The van der Waals surface area contributed by atoms with Gasteiger partial charge in [-0.25, -0.2) is 9.97 Å². The average molecular weight is 368 g/mol. The summed E-state index contributed by atoms with van der Waals surface area (Å²) in [5.41, 5.74) is 4.28. The molecule has 0 unspecified atom stereocenters. The third-order valence-corrected chi connectivity index (χ3v) is 5.71. The van der Waals surface area contributed by atoms with E-state index < -0.39 is 0 Å². The number of halogens is 1. The predicted octanol–water partition coefficient (Wildman–Crippen LogP) is 4.23. The maximum atomic E-state index is 6.10. The van der Waals surface area contributed by atoms with Gasteiger partial charge >= 0.3 is 0 Å². The Balaban J connectivity index is 1.57. The number of hydrogen-bond donors (Lipinski definition) is 1. The van der Waals surface area contributed by atoms with E-state index in [1.807, 2.05) is 5.51 Å². The fourth-order valence-corrected chi connectivity index (χ4v) is 4.25. The molecular weight excluding hydrogens is 342 g/mol. The van der Waals surface area contributed by atoms with Crippen LogP contribution in [-0.2, 0) is 13.0 Å². The molecule has 2 aromatic heterocycles. The van der Waals surface area contributed by atoms with E-state index in [-0.39, 0.29) is 0 Å². The van der Waals surface area contributed by atoms with E-state index in [4.69, 9.17) is 11.6 Å². The van der Waals surface area contributed by atoms with Crippen molar-refractivity contribution in [1.82, 2.24) is 19.9 Å². The number of imidazole rings is 1. The van der Waals surface area contributed by atoms with Crippen LogP contribution in [0.4, 0.5) is 5.82 Å². The molecule has 0 aliphatic carbocycles. The van der Waals surface area contributed by atoms with Crippen LogP contribution in [0.15, 0.2) is 5.51 Å².